The molecule has 106 valence electrons. The van der Waals surface area contributed by atoms with Gasteiger partial charge in [0, 0.05) is 13.1 Å². The van der Waals surface area contributed by atoms with Crippen LogP contribution in [0.15, 0.2) is 42.5 Å². The van der Waals surface area contributed by atoms with Gasteiger partial charge < -0.3 is 10.6 Å². The molecule has 0 bridgehead atoms. The van der Waals surface area contributed by atoms with E-state index >= 15 is 0 Å². The molecule has 0 radical (unpaired) electrons. The maximum atomic E-state index is 13.2. The third-order valence-corrected chi connectivity index (χ3v) is 3.42. The summed E-state index contributed by atoms with van der Waals surface area (Å²) < 4.78 is 13.2. The Labute approximate surface area is 124 Å². The summed E-state index contributed by atoms with van der Waals surface area (Å²) in [7, 11) is 0. The number of nitrogens with zero attached hydrogens (tertiary/aromatic N) is 1. The van der Waals surface area contributed by atoms with Crippen molar-refractivity contribution in [3.8, 4) is 0 Å². The summed E-state index contributed by atoms with van der Waals surface area (Å²) in [6.07, 6.45) is 1.00. The van der Waals surface area contributed by atoms with E-state index in [9.17, 15) is 4.39 Å². The Morgan fingerprint density at radius 3 is 2.60 bits per heavy atom. The molecule has 0 aliphatic rings. The quantitative estimate of drug-likeness (QED) is 0.823. The first kappa shape index (κ1) is 14.7. The second-order valence-electron chi connectivity index (χ2n) is 4.73. The molecule has 0 aliphatic carbocycles. The number of hydrogen-bond donors (Lipinski definition) is 1. The number of nitrogens with two attached hydrogens (primary N) is 1. The van der Waals surface area contributed by atoms with Crippen molar-refractivity contribution in [3.05, 3.63) is 58.9 Å². The second kappa shape index (κ2) is 6.62. The van der Waals surface area contributed by atoms with Gasteiger partial charge in [0.15, 0.2) is 0 Å². The summed E-state index contributed by atoms with van der Waals surface area (Å²) in [5, 5.41) is 0.153. The van der Waals surface area contributed by atoms with Crippen molar-refractivity contribution in [2.45, 2.75) is 19.9 Å². The maximum Gasteiger partial charge on any atom is 0.141 e. The Bertz CT molecular complexity index is 586. The van der Waals surface area contributed by atoms with Gasteiger partial charge in [-0.1, -0.05) is 36.7 Å². The molecular formula is C16H18ClFN2. The van der Waals surface area contributed by atoms with Crippen molar-refractivity contribution < 1.29 is 4.39 Å². The van der Waals surface area contributed by atoms with E-state index < -0.39 is 5.82 Å². The zero-order valence-corrected chi connectivity index (χ0v) is 12.2. The van der Waals surface area contributed by atoms with Crippen LogP contribution in [0.2, 0.25) is 5.02 Å². The molecule has 0 saturated heterocycles. The van der Waals surface area contributed by atoms with Gasteiger partial charge in [-0.3, -0.25) is 0 Å². The van der Waals surface area contributed by atoms with Crippen LogP contribution in [0, 0.1) is 5.82 Å². The maximum absolute atomic E-state index is 13.2. The fourth-order valence-electron chi connectivity index (χ4n) is 2.19. The number of nitrogen functional groups attached to an aromatic ring is 1. The van der Waals surface area contributed by atoms with Crippen LogP contribution in [-0.4, -0.2) is 6.54 Å². The van der Waals surface area contributed by atoms with Crippen molar-refractivity contribution in [3.63, 3.8) is 0 Å². The monoisotopic (exact) mass is 292 g/mol. The van der Waals surface area contributed by atoms with Gasteiger partial charge in [0.2, 0.25) is 0 Å². The largest absolute Gasteiger partial charge is 0.397 e. The fraction of sp³-hybridized carbons (Fsp3) is 0.250. The van der Waals surface area contributed by atoms with Crippen LogP contribution in [-0.2, 0) is 6.54 Å². The normalized spacial score (nSPS) is 10.6. The minimum atomic E-state index is -0.392. The van der Waals surface area contributed by atoms with Crippen molar-refractivity contribution in [1.82, 2.24) is 0 Å². The molecule has 2 N–H and O–H groups in total. The highest BCUT2D eigenvalue weighted by Gasteiger charge is 2.10. The molecule has 0 aliphatic heterocycles. The van der Waals surface area contributed by atoms with Gasteiger partial charge in [-0.05, 0) is 36.2 Å². The van der Waals surface area contributed by atoms with Crippen LogP contribution >= 0.6 is 11.6 Å². The Morgan fingerprint density at radius 1 is 1.20 bits per heavy atom. The highest BCUT2D eigenvalue weighted by atomic mass is 35.5. The minimum absolute atomic E-state index is 0.153. The summed E-state index contributed by atoms with van der Waals surface area (Å²) in [6, 6.07) is 12.6. The van der Waals surface area contributed by atoms with Crippen LogP contribution < -0.4 is 10.6 Å². The van der Waals surface area contributed by atoms with E-state index in [-0.39, 0.29) is 5.02 Å². The van der Waals surface area contributed by atoms with Gasteiger partial charge in [-0.2, -0.15) is 0 Å². The summed E-state index contributed by atoms with van der Waals surface area (Å²) in [4.78, 5) is 2.18. The standard InChI is InChI=1S/C16H18ClFN2/c1-2-9-20(16-6-4-3-5-15(16)19)11-12-7-8-14(18)13(17)10-12/h3-8,10H,2,9,11,19H2,1H3. The molecule has 0 saturated carbocycles. The lowest BCUT2D eigenvalue weighted by Crippen LogP contribution is -2.24. The molecular weight excluding hydrogens is 275 g/mol. The van der Waals surface area contributed by atoms with Crippen molar-refractivity contribution in [2.75, 3.05) is 17.2 Å². The van der Waals surface area contributed by atoms with Gasteiger partial charge in [0.05, 0.1) is 16.4 Å². The number of rotatable bonds is 5. The molecule has 0 fully saturated rings. The molecule has 20 heavy (non-hydrogen) atoms. The zero-order valence-electron chi connectivity index (χ0n) is 11.4. The van der Waals surface area contributed by atoms with E-state index in [1.807, 2.05) is 24.3 Å². The average Bonchev–Trinajstić information content (AvgIpc) is 2.43. The van der Waals surface area contributed by atoms with Crippen LogP contribution in [0.1, 0.15) is 18.9 Å². The molecule has 0 unspecified atom stereocenters. The first-order valence-electron chi connectivity index (χ1n) is 6.65. The summed E-state index contributed by atoms with van der Waals surface area (Å²) >= 11 is 5.83. The molecule has 0 spiro atoms. The van der Waals surface area contributed by atoms with Crippen molar-refractivity contribution in [2.24, 2.45) is 0 Å². The van der Waals surface area contributed by atoms with Gasteiger partial charge in [0.25, 0.3) is 0 Å². The number of hydrogen-bond acceptors (Lipinski definition) is 2. The third-order valence-electron chi connectivity index (χ3n) is 3.13. The molecule has 2 nitrogen and oxygen atoms in total. The predicted molar refractivity (Wildman–Crippen MR) is 83.6 cm³/mol. The first-order valence-corrected chi connectivity index (χ1v) is 7.03. The molecule has 2 aromatic rings. The predicted octanol–water partition coefficient (Wildman–Crippen LogP) is 4.48. The molecule has 4 heteroatoms. The van der Waals surface area contributed by atoms with Crippen LogP contribution in [0.25, 0.3) is 0 Å². The molecule has 0 amide bonds. The number of anilines is 2. The van der Waals surface area contributed by atoms with E-state index in [4.69, 9.17) is 17.3 Å². The Kier molecular flexibility index (Phi) is 4.85. The van der Waals surface area contributed by atoms with Crippen LogP contribution in [0.5, 0.6) is 0 Å². The zero-order chi connectivity index (χ0) is 14.5. The molecule has 0 atom stereocenters. The number of halogens is 2. The van der Waals surface area contributed by atoms with Crippen LogP contribution in [0.4, 0.5) is 15.8 Å². The average molecular weight is 293 g/mol. The second-order valence-corrected chi connectivity index (χ2v) is 5.14. The Balaban J connectivity index is 2.25. The van der Waals surface area contributed by atoms with Gasteiger partial charge in [-0.15, -0.1) is 0 Å². The third kappa shape index (κ3) is 3.42. The Morgan fingerprint density at radius 2 is 1.95 bits per heavy atom. The van der Waals surface area contributed by atoms with E-state index in [1.54, 1.807) is 12.1 Å². The van der Waals surface area contributed by atoms with Gasteiger partial charge in [-0.25, -0.2) is 4.39 Å². The van der Waals surface area contributed by atoms with E-state index in [1.165, 1.54) is 6.07 Å². The Hall–Kier alpha value is -1.74. The highest BCUT2D eigenvalue weighted by Crippen LogP contribution is 2.25. The lowest BCUT2D eigenvalue weighted by Gasteiger charge is -2.26. The summed E-state index contributed by atoms with van der Waals surface area (Å²) in [5.41, 5.74) is 8.74. The highest BCUT2D eigenvalue weighted by molar-refractivity contribution is 6.30. The first-order chi connectivity index (χ1) is 9.61. The summed E-state index contributed by atoms with van der Waals surface area (Å²) in [5.74, 6) is -0.392. The van der Waals surface area contributed by atoms with E-state index in [0.717, 1.165) is 29.9 Å². The number of benzene rings is 2. The van der Waals surface area contributed by atoms with Gasteiger partial charge in [0.1, 0.15) is 5.82 Å². The fourth-order valence-corrected chi connectivity index (χ4v) is 2.39. The molecule has 2 rings (SSSR count). The lowest BCUT2D eigenvalue weighted by molar-refractivity contribution is 0.627. The number of para-hydroxylation sites is 2. The lowest BCUT2D eigenvalue weighted by atomic mass is 10.1. The molecule has 2 aromatic carbocycles. The SMILES string of the molecule is CCCN(Cc1ccc(F)c(Cl)c1)c1ccccc1N. The van der Waals surface area contributed by atoms with Crippen molar-refractivity contribution in [1.29, 1.82) is 0 Å². The topological polar surface area (TPSA) is 29.3 Å². The van der Waals surface area contributed by atoms with E-state index in [2.05, 4.69) is 11.8 Å². The molecule has 0 heterocycles. The smallest absolute Gasteiger partial charge is 0.141 e. The minimum Gasteiger partial charge on any atom is -0.397 e. The summed E-state index contributed by atoms with van der Waals surface area (Å²) in [6.45, 7) is 3.65. The van der Waals surface area contributed by atoms with Gasteiger partial charge >= 0.3 is 0 Å². The van der Waals surface area contributed by atoms with Crippen molar-refractivity contribution >= 4 is 23.0 Å². The van der Waals surface area contributed by atoms with E-state index in [0.29, 0.717) is 6.54 Å². The molecule has 0 aromatic heterocycles. The van der Waals surface area contributed by atoms with Crippen LogP contribution in [0.3, 0.4) is 0 Å².